The summed E-state index contributed by atoms with van der Waals surface area (Å²) in [5.41, 5.74) is -0.473. The minimum absolute atomic E-state index is 0.247. The molecule has 0 saturated carbocycles. The predicted octanol–water partition coefficient (Wildman–Crippen LogP) is 2.80. The molecule has 0 saturated heterocycles. The van der Waals surface area contributed by atoms with Gasteiger partial charge in [0.05, 0.1) is 11.3 Å². The van der Waals surface area contributed by atoms with E-state index < -0.39 is 18.1 Å². The molecule has 0 heterocycles. The van der Waals surface area contributed by atoms with Gasteiger partial charge in [0, 0.05) is 3.57 Å². The number of anilines is 1. The second-order valence-corrected chi connectivity index (χ2v) is 4.65. The summed E-state index contributed by atoms with van der Waals surface area (Å²) in [6.45, 7) is 1.42. The molecule has 4 nitrogen and oxygen atoms in total. The van der Waals surface area contributed by atoms with Gasteiger partial charge in [-0.1, -0.05) is 0 Å². The molecular formula is C10H7F3INO3. The number of rotatable bonds is 2. The molecule has 0 fully saturated rings. The number of carboxylic acids is 1. The topological polar surface area (TPSA) is 66.4 Å². The van der Waals surface area contributed by atoms with Crippen molar-refractivity contribution in [3.63, 3.8) is 0 Å². The highest BCUT2D eigenvalue weighted by Gasteiger charge is 2.39. The summed E-state index contributed by atoms with van der Waals surface area (Å²) >= 11 is 1.83. The molecule has 0 radical (unpaired) electrons. The maximum atomic E-state index is 12.1. The molecule has 1 aromatic carbocycles. The lowest BCUT2D eigenvalue weighted by molar-refractivity contribution is -0.167. The Labute approximate surface area is 113 Å². The van der Waals surface area contributed by atoms with Crippen molar-refractivity contribution in [2.75, 3.05) is 5.32 Å². The van der Waals surface area contributed by atoms with Crippen molar-refractivity contribution in [3.8, 4) is 0 Å². The first-order valence-electron chi connectivity index (χ1n) is 4.54. The molecular weight excluding hydrogens is 366 g/mol. The van der Waals surface area contributed by atoms with E-state index >= 15 is 0 Å². The van der Waals surface area contributed by atoms with Crippen LogP contribution in [0.2, 0.25) is 0 Å². The molecule has 0 atom stereocenters. The molecule has 0 aliphatic rings. The lowest BCUT2D eigenvalue weighted by Crippen LogP contribution is -2.31. The zero-order valence-electron chi connectivity index (χ0n) is 8.93. The van der Waals surface area contributed by atoms with Crippen LogP contribution in [0.1, 0.15) is 15.9 Å². The number of aromatic carboxylic acids is 1. The monoisotopic (exact) mass is 373 g/mol. The fourth-order valence-corrected chi connectivity index (χ4v) is 2.04. The number of carbonyl (C=O) groups excluding carboxylic acids is 1. The van der Waals surface area contributed by atoms with Gasteiger partial charge in [0.2, 0.25) is 0 Å². The average molecular weight is 373 g/mol. The molecule has 0 bridgehead atoms. The Kier molecular flexibility index (Phi) is 4.20. The molecule has 0 unspecified atom stereocenters. The van der Waals surface area contributed by atoms with Crippen molar-refractivity contribution in [1.29, 1.82) is 0 Å². The first kappa shape index (κ1) is 14.7. The Morgan fingerprint density at radius 2 is 1.89 bits per heavy atom. The van der Waals surface area contributed by atoms with Crippen LogP contribution in [0.4, 0.5) is 18.9 Å². The third-order valence-corrected chi connectivity index (χ3v) is 2.65. The third kappa shape index (κ3) is 3.34. The van der Waals surface area contributed by atoms with Gasteiger partial charge in [-0.3, -0.25) is 4.79 Å². The number of nitrogens with one attached hydrogen (secondary N) is 1. The molecule has 18 heavy (non-hydrogen) atoms. The summed E-state index contributed by atoms with van der Waals surface area (Å²) in [4.78, 5) is 21.7. The average Bonchev–Trinajstić information content (AvgIpc) is 2.19. The van der Waals surface area contributed by atoms with E-state index in [0.717, 1.165) is 0 Å². The number of benzene rings is 1. The van der Waals surface area contributed by atoms with Gasteiger partial charge >= 0.3 is 18.1 Å². The van der Waals surface area contributed by atoms with Crippen LogP contribution in [0.5, 0.6) is 0 Å². The highest BCUT2D eigenvalue weighted by Crippen LogP contribution is 2.26. The van der Waals surface area contributed by atoms with E-state index in [9.17, 15) is 22.8 Å². The smallest absolute Gasteiger partial charge is 0.471 e. The van der Waals surface area contributed by atoms with Crippen molar-refractivity contribution in [1.82, 2.24) is 0 Å². The van der Waals surface area contributed by atoms with Crippen LogP contribution in [0.15, 0.2) is 12.1 Å². The number of aryl methyl sites for hydroxylation is 1. The maximum absolute atomic E-state index is 12.1. The van der Waals surface area contributed by atoms with Crippen LogP contribution in [0.3, 0.4) is 0 Å². The predicted molar refractivity (Wildman–Crippen MR) is 65.5 cm³/mol. The molecule has 8 heteroatoms. The van der Waals surface area contributed by atoms with E-state index in [0.29, 0.717) is 3.57 Å². The molecule has 1 amide bonds. The maximum Gasteiger partial charge on any atom is 0.471 e. The van der Waals surface area contributed by atoms with Crippen LogP contribution >= 0.6 is 22.6 Å². The quantitative estimate of drug-likeness (QED) is 0.784. The van der Waals surface area contributed by atoms with E-state index in [1.54, 1.807) is 5.32 Å². The van der Waals surface area contributed by atoms with Crippen LogP contribution in [-0.4, -0.2) is 23.2 Å². The molecule has 0 aromatic heterocycles. The van der Waals surface area contributed by atoms with Gasteiger partial charge in [0.1, 0.15) is 0 Å². The van der Waals surface area contributed by atoms with Gasteiger partial charge in [-0.25, -0.2) is 4.79 Å². The van der Waals surface area contributed by atoms with Gasteiger partial charge in [-0.2, -0.15) is 13.2 Å². The van der Waals surface area contributed by atoms with Crippen molar-refractivity contribution in [2.24, 2.45) is 0 Å². The fourth-order valence-electron chi connectivity index (χ4n) is 1.26. The minimum Gasteiger partial charge on any atom is -0.478 e. The van der Waals surface area contributed by atoms with E-state index in [4.69, 9.17) is 5.11 Å². The molecule has 1 rings (SSSR count). The zero-order valence-corrected chi connectivity index (χ0v) is 11.1. The number of alkyl halides is 3. The minimum atomic E-state index is -5.06. The van der Waals surface area contributed by atoms with Gasteiger partial charge in [-0.15, -0.1) is 0 Å². The molecule has 0 spiro atoms. The second kappa shape index (κ2) is 5.12. The van der Waals surface area contributed by atoms with Gasteiger partial charge < -0.3 is 10.4 Å². The SMILES string of the molecule is Cc1cc(I)cc(C(=O)O)c1NC(=O)C(F)(F)F. The molecule has 0 aliphatic carbocycles. The normalized spacial score (nSPS) is 11.2. The van der Waals surface area contributed by atoms with Crippen LogP contribution in [-0.2, 0) is 4.79 Å². The standard InChI is InChI=1S/C10H7F3INO3/c1-4-2-5(14)3-6(8(16)17)7(4)15-9(18)10(11,12)13/h2-3H,1H3,(H,15,18)(H,16,17). The number of amides is 1. The fraction of sp³-hybridized carbons (Fsp3) is 0.200. The van der Waals surface area contributed by atoms with E-state index in [-0.39, 0.29) is 16.8 Å². The van der Waals surface area contributed by atoms with Crippen LogP contribution in [0.25, 0.3) is 0 Å². The van der Waals surface area contributed by atoms with E-state index in [2.05, 4.69) is 0 Å². The highest BCUT2D eigenvalue weighted by atomic mass is 127. The number of carbonyl (C=O) groups is 2. The Balaban J connectivity index is 3.24. The Morgan fingerprint density at radius 1 is 1.33 bits per heavy atom. The zero-order chi connectivity index (χ0) is 14.1. The summed E-state index contributed by atoms with van der Waals surface area (Å²) in [6, 6.07) is 2.65. The number of carboxylic acid groups (broad SMARTS) is 1. The van der Waals surface area contributed by atoms with Crippen molar-refractivity contribution < 1.29 is 27.9 Å². The number of halogens is 4. The summed E-state index contributed by atoms with van der Waals surface area (Å²) in [5.74, 6) is -3.61. The lowest BCUT2D eigenvalue weighted by Gasteiger charge is -2.13. The lowest BCUT2D eigenvalue weighted by atomic mass is 10.1. The Hall–Kier alpha value is -1.32. The van der Waals surface area contributed by atoms with E-state index in [1.165, 1.54) is 19.1 Å². The molecule has 0 aliphatic heterocycles. The number of hydrogen-bond acceptors (Lipinski definition) is 2. The van der Waals surface area contributed by atoms with Gasteiger partial charge in [-0.05, 0) is 47.2 Å². The highest BCUT2D eigenvalue weighted by molar-refractivity contribution is 14.1. The summed E-state index contributed by atoms with van der Waals surface area (Å²) in [6.07, 6.45) is -5.06. The first-order chi connectivity index (χ1) is 8.12. The molecule has 98 valence electrons. The summed E-state index contributed by atoms with van der Waals surface area (Å²) < 4.78 is 36.9. The molecule has 2 N–H and O–H groups in total. The van der Waals surface area contributed by atoms with E-state index in [1.807, 2.05) is 22.6 Å². The second-order valence-electron chi connectivity index (χ2n) is 3.40. The van der Waals surface area contributed by atoms with Crippen LogP contribution in [0, 0.1) is 10.5 Å². The Morgan fingerprint density at radius 3 is 2.33 bits per heavy atom. The van der Waals surface area contributed by atoms with Gasteiger partial charge in [0.25, 0.3) is 0 Å². The van der Waals surface area contributed by atoms with Crippen molar-refractivity contribution >= 4 is 40.2 Å². The van der Waals surface area contributed by atoms with Crippen molar-refractivity contribution in [2.45, 2.75) is 13.1 Å². The molecule has 1 aromatic rings. The summed E-state index contributed by atoms with van der Waals surface area (Å²) in [7, 11) is 0. The Bertz CT molecular complexity index is 514. The summed E-state index contributed by atoms with van der Waals surface area (Å²) in [5, 5.41) is 10.5. The van der Waals surface area contributed by atoms with Gasteiger partial charge in [0.15, 0.2) is 0 Å². The largest absolute Gasteiger partial charge is 0.478 e. The first-order valence-corrected chi connectivity index (χ1v) is 5.62. The van der Waals surface area contributed by atoms with Crippen LogP contribution < -0.4 is 5.32 Å². The third-order valence-electron chi connectivity index (χ3n) is 2.03. The number of hydrogen-bond donors (Lipinski definition) is 2. The van der Waals surface area contributed by atoms with Crippen molar-refractivity contribution in [3.05, 3.63) is 26.8 Å².